The van der Waals surface area contributed by atoms with Crippen molar-refractivity contribution in [1.29, 1.82) is 0 Å². The third-order valence-corrected chi connectivity index (χ3v) is 4.64. The van der Waals surface area contributed by atoms with Gasteiger partial charge in [0.15, 0.2) is 0 Å². The molecule has 0 spiro atoms. The predicted molar refractivity (Wildman–Crippen MR) is 87.1 cm³/mol. The van der Waals surface area contributed by atoms with Crippen molar-refractivity contribution in [2.24, 2.45) is 0 Å². The molecule has 1 aliphatic heterocycles. The lowest BCUT2D eigenvalue weighted by Crippen LogP contribution is -2.51. The molecule has 1 fully saturated rings. The van der Waals surface area contributed by atoms with Crippen LogP contribution in [0.15, 0.2) is 34.6 Å². The van der Waals surface area contributed by atoms with Gasteiger partial charge >= 0.3 is 6.03 Å². The molecule has 2 aromatic rings. The lowest BCUT2D eigenvalue weighted by Gasteiger charge is -2.33. The molecule has 1 saturated heterocycles. The average molecular weight is 331 g/mol. The van der Waals surface area contributed by atoms with Crippen LogP contribution in [0.1, 0.15) is 22.4 Å². The van der Waals surface area contributed by atoms with Crippen LogP contribution in [0.25, 0.3) is 0 Å². The average Bonchev–Trinajstić information content (AvgIpc) is 3.03. The van der Waals surface area contributed by atoms with Crippen LogP contribution in [0.2, 0.25) is 0 Å². The maximum atomic E-state index is 12.6. The van der Waals surface area contributed by atoms with Crippen molar-refractivity contribution in [2.75, 3.05) is 6.54 Å². The Bertz CT molecular complexity index is 782. The number of pyridine rings is 1. The number of amides is 3. The molecule has 1 N–H and O–H groups in total. The summed E-state index contributed by atoms with van der Waals surface area (Å²) in [5.74, 6) is -0.238. The van der Waals surface area contributed by atoms with Crippen molar-refractivity contribution in [1.82, 2.24) is 14.8 Å². The van der Waals surface area contributed by atoms with Gasteiger partial charge < -0.3 is 9.88 Å². The molecule has 120 valence electrons. The molecular formula is C16H17N3O3S. The molecule has 7 heteroatoms. The molecule has 0 atom stereocenters. The number of carbonyl (C=O) groups is 2. The fourth-order valence-corrected chi connectivity index (χ4v) is 3.29. The number of urea groups is 1. The number of hydrogen-bond acceptors (Lipinski definition) is 4. The van der Waals surface area contributed by atoms with E-state index >= 15 is 0 Å². The maximum Gasteiger partial charge on any atom is 0.327 e. The molecule has 0 radical (unpaired) electrons. The van der Waals surface area contributed by atoms with Crippen LogP contribution in [0.4, 0.5) is 4.79 Å². The van der Waals surface area contributed by atoms with Gasteiger partial charge in [0.2, 0.25) is 5.91 Å². The highest BCUT2D eigenvalue weighted by molar-refractivity contribution is 7.09. The summed E-state index contributed by atoms with van der Waals surface area (Å²) in [5.41, 5.74) is 1.03. The van der Waals surface area contributed by atoms with Crippen molar-refractivity contribution in [2.45, 2.75) is 26.4 Å². The quantitative estimate of drug-likeness (QED) is 0.932. The highest BCUT2D eigenvalue weighted by atomic mass is 32.1. The first-order valence-electron chi connectivity index (χ1n) is 7.34. The minimum Gasteiger partial charge on any atom is -0.329 e. The minimum atomic E-state index is -0.337. The Morgan fingerprint density at radius 3 is 2.83 bits per heavy atom. The van der Waals surface area contributed by atoms with Crippen molar-refractivity contribution in [3.8, 4) is 0 Å². The zero-order valence-corrected chi connectivity index (χ0v) is 13.6. The van der Waals surface area contributed by atoms with E-state index in [1.807, 2.05) is 24.4 Å². The van der Waals surface area contributed by atoms with Crippen molar-refractivity contribution < 1.29 is 9.59 Å². The maximum absolute atomic E-state index is 12.6. The van der Waals surface area contributed by atoms with Gasteiger partial charge in [-0.25, -0.2) is 4.79 Å². The third kappa shape index (κ3) is 3.34. The van der Waals surface area contributed by atoms with Crippen molar-refractivity contribution in [3.05, 3.63) is 56.1 Å². The summed E-state index contributed by atoms with van der Waals surface area (Å²) in [5, 5.41) is 1.96. The molecule has 0 aliphatic carbocycles. The zero-order valence-electron chi connectivity index (χ0n) is 12.7. The van der Waals surface area contributed by atoms with Crippen LogP contribution in [0.3, 0.4) is 0 Å². The number of H-pyrrole nitrogens is 1. The molecule has 1 aliphatic rings. The Hall–Kier alpha value is -2.41. The number of nitrogens with zero attached hydrogens (tertiary/aromatic N) is 2. The van der Waals surface area contributed by atoms with E-state index in [2.05, 4.69) is 4.98 Å². The highest BCUT2D eigenvalue weighted by Gasteiger charge is 2.32. The van der Waals surface area contributed by atoms with Gasteiger partial charge in [-0.1, -0.05) is 6.07 Å². The second-order valence-electron chi connectivity index (χ2n) is 5.54. The van der Waals surface area contributed by atoms with E-state index < -0.39 is 0 Å². The van der Waals surface area contributed by atoms with Gasteiger partial charge in [0.25, 0.3) is 5.56 Å². The van der Waals surface area contributed by atoms with Crippen LogP contribution in [0.5, 0.6) is 0 Å². The SMILES string of the molecule is Cc1c[nH]c(=O)c(CN2C(=O)CCN(Cc3cccs3)C2=O)c1. The number of imide groups is 1. The smallest absolute Gasteiger partial charge is 0.327 e. The summed E-state index contributed by atoms with van der Waals surface area (Å²) in [6.45, 7) is 2.76. The normalized spacial score (nSPS) is 15.3. The first-order valence-corrected chi connectivity index (χ1v) is 8.22. The van der Waals surface area contributed by atoms with E-state index in [9.17, 15) is 14.4 Å². The highest BCUT2D eigenvalue weighted by Crippen LogP contribution is 2.18. The number of carbonyl (C=O) groups excluding carboxylic acids is 2. The molecule has 3 heterocycles. The number of rotatable bonds is 4. The van der Waals surface area contributed by atoms with Crippen LogP contribution in [-0.4, -0.2) is 33.3 Å². The lowest BCUT2D eigenvalue weighted by molar-refractivity contribution is -0.131. The molecule has 6 nitrogen and oxygen atoms in total. The minimum absolute atomic E-state index is 0.00954. The molecule has 0 aromatic carbocycles. The molecule has 3 amide bonds. The lowest BCUT2D eigenvalue weighted by atomic mass is 10.2. The summed E-state index contributed by atoms with van der Waals surface area (Å²) in [4.78, 5) is 43.1. The summed E-state index contributed by atoms with van der Waals surface area (Å²) in [6.07, 6.45) is 1.88. The molecule has 2 aromatic heterocycles. The van der Waals surface area contributed by atoms with Gasteiger partial charge in [-0.3, -0.25) is 14.5 Å². The standard InChI is InChI=1S/C16H17N3O3S/c1-11-7-12(15(21)17-8-11)9-19-14(20)4-5-18(16(19)22)10-13-3-2-6-23-13/h2-3,6-8H,4-5,9-10H2,1H3,(H,17,21). The number of thiophene rings is 1. The van der Waals surface area contributed by atoms with Crippen LogP contribution in [0, 0.1) is 6.92 Å². The van der Waals surface area contributed by atoms with Crippen LogP contribution in [-0.2, 0) is 17.9 Å². The number of nitrogens with one attached hydrogen (secondary N) is 1. The van der Waals surface area contributed by atoms with E-state index in [1.54, 1.807) is 28.5 Å². The molecule has 0 bridgehead atoms. The first kappa shape index (κ1) is 15.5. The van der Waals surface area contributed by atoms with Crippen LogP contribution >= 0.6 is 11.3 Å². The fraction of sp³-hybridized carbons (Fsp3) is 0.312. The van der Waals surface area contributed by atoms with E-state index in [0.717, 1.165) is 10.4 Å². The second-order valence-corrected chi connectivity index (χ2v) is 6.58. The second kappa shape index (κ2) is 6.37. The monoisotopic (exact) mass is 331 g/mol. The van der Waals surface area contributed by atoms with Gasteiger partial charge in [-0.05, 0) is 30.0 Å². The Kier molecular flexibility index (Phi) is 4.29. The van der Waals surface area contributed by atoms with E-state index in [4.69, 9.17) is 0 Å². The van der Waals surface area contributed by atoms with Crippen molar-refractivity contribution >= 4 is 23.3 Å². The van der Waals surface area contributed by atoms with E-state index in [1.165, 1.54) is 4.90 Å². The third-order valence-electron chi connectivity index (χ3n) is 3.78. The Morgan fingerprint density at radius 2 is 2.09 bits per heavy atom. The van der Waals surface area contributed by atoms with Gasteiger partial charge in [0.1, 0.15) is 0 Å². The molecule has 23 heavy (non-hydrogen) atoms. The number of aryl methyl sites for hydroxylation is 1. The summed E-state index contributed by atoms with van der Waals surface area (Å²) < 4.78 is 0. The zero-order chi connectivity index (χ0) is 16.4. The Labute approximate surface area is 137 Å². The first-order chi connectivity index (χ1) is 11.0. The largest absolute Gasteiger partial charge is 0.329 e. The summed E-state index contributed by atoms with van der Waals surface area (Å²) in [7, 11) is 0. The Balaban J connectivity index is 1.79. The number of hydrogen-bond donors (Lipinski definition) is 1. The molecule has 0 saturated carbocycles. The van der Waals surface area contributed by atoms with Gasteiger partial charge in [-0.2, -0.15) is 0 Å². The van der Waals surface area contributed by atoms with Gasteiger partial charge in [-0.15, -0.1) is 11.3 Å². The fourth-order valence-electron chi connectivity index (χ4n) is 2.57. The molecule has 0 unspecified atom stereocenters. The van der Waals surface area contributed by atoms with Gasteiger partial charge in [0.05, 0.1) is 13.1 Å². The van der Waals surface area contributed by atoms with E-state index in [-0.39, 0.29) is 30.5 Å². The summed E-state index contributed by atoms with van der Waals surface area (Å²) in [6, 6.07) is 5.26. The predicted octanol–water partition coefficient (Wildman–Crippen LogP) is 2.10. The molecule has 3 rings (SSSR count). The van der Waals surface area contributed by atoms with Gasteiger partial charge in [0, 0.05) is 29.6 Å². The number of aromatic amines is 1. The van der Waals surface area contributed by atoms with Crippen molar-refractivity contribution in [3.63, 3.8) is 0 Å². The Morgan fingerprint density at radius 1 is 1.26 bits per heavy atom. The topological polar surface area (TPSA) is 73.5 Å². The van der Waals surface area contributed by atoms with Crippen LogP contribution < -0.4 is 5.56 Å². The number of aromatic nitrogens is 1. The molecular weight excluding hydrogens is 314 g/mol. The van der Waals surface area contributed by atoms with E-state index in [0.29, 0.717) is 18.7 Å². The summed E-state index contributed by atoms with van der Waals surface area (Å²) >= 11 is 1.58.